The van der Waals surface area contributed by atoms with Crippen LogP contribution in [0.5, 0.6) is 0 Å². The third-order valence-corrected chi connectivity index (χ3v) is 5.73. The number of halogens is 4. The van der Waals surface area contributed by atoms with Gasteiger partial charge in [0.25, 0.3) is 0 Å². The van der Waals surface area contributed by atoms with E-state index in [0.29, 0.717) is 31.1 Å². The van der Waals surface area contributed by atoms with Gasteiger partial charge in [-0.25, -0.2) is 0 Å². The van der Waals surface area contributed by atoms with Crippen molar-refractivity contribution in [2.45, 2.75) is 51.4 Å². The number of rotatable bonds is 7. The Labute approximate surface area is 190 Å². The SMILES string of the molecule is CN=C(NCCC1CCN(CC(F)(F)F)CC1)NCC(C)N1CCOCC1C.I. The standard InChI is InChI=1S/C19H36F3N5O.HI/c1-15(27-10-11-28-13-16(27)2)12-25-18(23-3)24-7-4-17-5-8-26(9-6-17)14-19(20,21)22;/h15-17H,4-14H2,1-3H3,(H2,23,24,25);1H. The van der Waals surface area contributed by atoms with E-state index in [-0.39, 0.29) is 24.0 Å². The molecule has 172 valence electrons. The van der Waals surface area contributed by atoms with Gasteiger partial charge in [-0.05, 0) is 52.1 Å². The summed E-state index contributed by atoms with van der Waals surface area (Å²) in [6, 6.07) is 0.805. The predicted molar refractivity (Wildman–Crippen MR) is 121 cm³/mol. The maximum Gasteiger partial charge on any atom is 0.401 e. The van der Waals surface area contributed by atoms with Gasteiger partial charge in [-0.3, -0.25) is 14.8 Å². The third kappa shape index (κ3) is 10.0. The maximum absolute atomic E-state index is 12.5. The second-order valence-electron chi connectivity index (χ2n) is 8.01. The molecule has 2 saturated heterocycles. The van der Waals surface area contributed by atoms with Gasteiger partial charge in [-0.2, -0.15) is 13.2 Å². The first-order chi connectivity index (χ1) is 13.3. The summed E-state index contributed by atoms with van der Waals surface area (Å²) in [7, 11) is 1.76. The predicted octanol–water partition coefficient (Wildman–Crippen LogP) is 2.54. The topological polar surface area (TPSA) is 52.1 Å². The number of hydrogen-bond acceptors (Lipinski definition) is 4. The van der Waals surface area contributed by atoms with Crippen molar-refractivity contribution in [1.82, 2.24) is 20.4 Å². The molecule has 2 aliphatic heterocycles. The van der Waals surface area contributed by atoms with E-state index in [1.54, 1.807) is 7.05 Å². The number of hydrogen-bond donors (Lipinski definition) is 2. The molecule has 2 unspecified atom stereocenters. The third-order valence-electron chi connectivity index (χ3n) is 5.73. The minimum absolute atomic E-state index is 0. The number of piperidine rings is 1. The van der Waals surface area contributed by atoms with Crippen LogP contribution in [0.25, 0.3) is 0 Å². The van der Waals surface area contributed by atoms with E-state index in [1.165, 1.54) is 4.90 Å². The van der Waals surface area contributed by atoms with Crippen LogP contribution in [-0.2, 0) is 4.74 Å². The van der Waals surface area contributed by atoms with E-state index in [2.05, 4.69) is 34.4 Å². The highest BCUT2D eigenvalue weighted by Gasteiger charge is 2.32. The Bertz CT molecular complexity index is 487. The average Bonchev–Trinajstić information content (AvgIpc) is 2.64. The van der Waals surface area contributed by atoms with Gasteiger partial charge in [-0.1, -0.05) is 0 Å². The van der Waals surface area contributed by atoms with Crippen LogP contribution in [-0.4, -0.2) is 93.5 Å². The summed E-state index contributed by atoms with van der Waals surface area (Å²) >= 11 is 0. The van der Waals surface area contributed by atoms with Crippen molar-refractivity contribution in [2.75, 3.05) is 59.5 Å². The summed E-state index contributed by atoms with van der Waals surface area (Å²) < 4.78 is 42.9. The number of nitrogens with one attached hydrogen (secondary N) is 2. The molecule has 2 aliphatic rings. The summed E-state index contributed by atoms with van der Waals surface area (Å²) in [5.74, 6) is 1.26. The van der Waals surface area contributed by atoms with Gasteiger partial charge < -0.3 is 15.4 Å². The minimum Gasteiger partial charge on any atom is -0.379 e. The molecule has 0 aromatic heterocycles. The van der Waals surface area contributed by atoms with Crippen LogP contribution in [0.3, 0.4) is 0 Å². The first kappa shape index (κ1) is 26.7. The highest BCUT2D eigenvalue weighted by Crippen LogP contribution is 2.23. The highest BCUT2D eigenvalue weighted by molar-refractivity contribution is 14.0. The largest absolute Gasteiger partial charge is 0.401 e. The van der Waals surface area contributed by atoms with Crippen LogP contribution in [0.1, 0.15) is 33.1 Å². The number of aliphatic imine (C=N–C) groups is 1. The first-order valence-electron chi connectivity index (χ1n) is 10.4. The molecule has 0 radical (unpaired) electrons. The van der Waals surface area contributed by atoms with Gasteiger partial charge in [0, 0.05) is 38.8 Å². The molecule has 0 saturated carbocycles. The normalized spacial score (nSPS) is 24.1. The molecule has 29 heavy (non-hydrogen) atoms. The molecule has 0 spiro atoms. The smallest absolute Gasteiger partial charge is 0.379 e. The van der Waals surface area contributed by atoms with Crippen LogP contribution in [0.2, 0.25) is 0 Å². The van der Waals surface area contributed by atoms with E-state index in [1.807, 2.05) is 0 Å². The molecule has 0 bridgehead atoms. The number of alkyl halides is 3. The monoisotopic (exact) mass is 535 g/mol. The molecule has 6 nitrogen and oxygen atoms in total. The number of morpholine rings is 1. The minimum atomic E-state index is -4.09. The van der Waals surface area contributed by atoms with Crippen molar-refractivity contribution < 1.29 is 17.9 Å². The molecule has 2 fully saturated rings. The molecular formula is C19H37F3IN5O. The van der Waals surface area contributed by atoms with Crippen molar-refractivity contribution in [2.24, 2.45) is 10.9 Å². The molecule has 2 N–H and O–H groups in total. The molecule has 0 aromatic rings. The molecule has 2 heterocycles. The number of ether oxygens (including phenoxy) is 1. The second kappa shape index (κ2) is 13.2. The maximum atomic E-state index is 12.5. The molecule has 0 aliphatic carbocycles. The lowest BCUT2D eigenvalue weighted by Crippen LogP contribution is -2.53. The van der Waals surface area contributed by atoms with E-state index < -0.39 is 12.7 Å². The Morgan fingerprint density at radius 3 is 2.48 bits per heavy atom. The lowest BCUT2D eigenvalue weighted by molar-refractivity contribution is -0.148. The summed E-state index contributed by atoms with van der Waals surface area (Å²) in [6.45, 7) is 8.77. The van der Waals surface area contributed by atoms with E-state index >= 15 is 0 Å². The van der Waals surface area contributed by atoms with E-state index in [4.69, 9.17) is 4.74 Å². The fourth-order valence-corrected chi connectivity index (χ4v) is 4.06. The Hall–Kier alpha value is -0.330. The van der Waals surface area contributed by atoms with Crippen LogP contribution in [0.15, 0.2) is 4.99 Å². The van der Waals surface area contributed by atoms with Crippen molar-refractivity contribution in [3.8, 4) is 0 Å². The van der Waals surface area contributed by atoms with Crippen LogP contribution >= 0.6 is 24.0 Å². The zero-order valence-corrected chi connectivity index (χ0v) is 20.1. The van der Waals surface area contributed by atoms with Crippen molar-refractivity contribution in [1.29, 1.82) is 0 Å². The zero-order chi connectivity index (χ0) is 20.6. The van der Waals surface area contributed by atoms with Gasteiger partial charge in [0.2, 0.25) is 0 Å². The average molecular weight is 535 g/mol. The fraction of sp³-hybridized carbons (Fsp3) is 0.947. The summed E-state index contributed by atoms with van der Waals surface area (Å²) in [5, 5.41) is 6.72. The first-order valence-corrected chi connectivity index (χ1v) is 10.4. The van der Waals surface area contributed by atoms with Crippen LogP contribution < -0.4 is 10.6 Å². The molecule has 10 heteroatoms. The summed E-state index contributed by atoms with van der Waals surface area (Å²) in [6.07, 6.45) is -1.48. The number of nitrogens with zero attached hydrogens (tertiary/aromatic N) is 3. The van der Waals surface area contributed by atoms with Crippen LogP contribution in [0.4, 0.5) is 13.2 Å². The Kier molecular flexibility index (Phi) is 12.1. The number of likely N-dealkylation sites (tertiary alicyclic amines) is 1. The number of guanidine groups is 1. The van der Waals surface area contributed by atoms with Gasteiger partial charge in [0.15, 0.2) is 5.96 Å². The molecule has 0 aromatic carbocycles. The Morgan fingerprint density at radius 2 is 1.90 bits per heavy atom. The lowest BCUT2D eigenvalue weighted by atomic mass is 9.93. The summed E-state index contributed by atoms with van der Waals surface area (Å²) in [4.78, 5) is 8.23. The highest BCUT2D eigenvalue weighted by atomic mass is 127. The zero-order valence-electron chi connectivity index (χ0n) is 17.8. The quantitative estimate of drug-likeness (QED) is 0.298. The van der Waals surface area contributed by atoms with Gasteiger partial charge in [-0.15, -0.1) is 24.0 Å². The van der Waals surface area contributed by atoms with E-state index in [0.717, 1.165) is 58.1 Å². The Balaban J connectivity index is 0.00000420. The van der Waals surface area contributed by atoms with Crippen molar-refractivity contribution >= 4 is 29.9 Å². The van der Waals surface area contributed by atoms with Gasteiger partial charge >= 0.3 is 6.18 Å². The fourth-order valence-electron chi connectivity index (χ4n) is 4.06. The molecule has 0 amide bonds. The van der Waals surface area contributed by atoms with E-state index in [9.17, 15) is 13.2 Å². The lowest BCUT2D eigenvalue weighted by Gasteiger charge is -2.38. The van der Waals surface area contributed by atoms with Crippen LogP contribution in [0, 0.1) is 5.92 Å². The van der Waals surface area contributed by atoms with Crippen molar-refractivity contribution in [3.63, 3.8) is 0 Å². The van der Waals surface area contributed by atoms with Gasteiger partial charge in [0.05, 0.1) is 19.8 Å². The molecular weight excluding hydrogens is 498 g/mol. The second-order valence-corrected chi connectivity index (χ2v) is 8.01. The Morgan fingerprint density at radius 1 is 1.21 bits per heavy atom. The summed E-state index contributed by atoms with van der Waals surface area (Å²) in [5.41, 5.74) is 0. The molecule has 2 rings (SSSR count). The van der Waals surface area contributed by atoms with Crippen molar-refractivity contribution in [3.05, 3.63) is 0 Å². The molecule has 2 atom stereocenters. The van der Waals surface area contributed by atoms with Gasteiger partial charge in [0.1, 0.15) is 0 Å².